The van der Waals surface area contributed by atoms with Crippen molar-refractivity contribution < 1.29 is 23.5 Å². The number of hydrogen-bond donors (Lipinski definition) is 3. The number of carbonyl (C=O) groups is 2. The number of halogens is 2. The van der Waals surface area contributed by atoms with Gasteiger partial charge in [-0.1, -0.05) is 51.1 Å². The van der Waals surface area contributed by atoms with E-state index in [1.54, 1.807) is 35.5 Å². The zero-order valence-corrected chi connectivity index (χ0v) is 27.4. The highest BCUT2D eigenvalue weighted by molar-refractivity contribution is 6.00. The van der Waals surface area contributed by atoms with Crippen molar-refractivity contribution in [2.75, 3.05) is 19.6 Å². The molecule has 0 saturated heterocycles. The molecule has 250 valence electrons. The summed E-state index contributed by atoms with van der Waals surface area (Å²) in [6, 6.07) is 12.9. The molecule has 1 aliphatic carbocycles. The number of amides is 2. The molecular weight excluding hydrogens is 600 g/mol. The molecule has 3 atom stereocenters. The number of hydrogen-bond acceptors (Lipinski definition) is 6. The summed E-state index contributed by atoms with van der Waals surface area (Å²) in [5.74, 6) is -3.30. The van der Waals surface area contributed by atoms with Gasteiger partial charge in [0.15, 0.2) is 5.82 Å². The zero-order chi connectivity index (χ0) is 34.0. The lowest BCUT2D eigenvalue weighted by atomic mass is 9.63. The lowest BCUT2D eigenvalue weighted by Gasteiger charge is -2.42. The van der Waals surface area contributed by atoms with Gasteiger partial charge < -0.3 is 21.1 Å². The van der Waals surface area contributed by atoms with Crippen molar-refractivity contribution >= 4 is 17.4 Å². The largest absolute Gasteiger partial charge is 0.391 e. The van der Waals surface area contributed by atoms with Crippen LogP contribution in [-0.2, 0) is 29.0 Å². The van der Waals surface area contributed by atoms with Crippen LogP contribution in [0.5, 0.6) is 0 Å². The second kappa shape index (κ2) is 16.5. The van der Waals surface area contributed by atoms with Crippen molar-refractivity contribution in [2.24, 2.45) is 17.1 Å². The molecule has 2 amide bonds. The molecule has 1 unspecified atom stereocenters. The first kappa shape index (κ1) is 35.6. The van der Waals surface area contributed by atoms with Crippen molar-refractivity contribution in [3.63, 3.8) is 0 Å². The van der Waals surface area contributed by atoms with Crippen LogP contribution in [0.1, 0.15) is 62.5 Å². The lowest BCUT2D eigenvalue weighted by Crippen LogP contribution is -2.51. The van der Waals surface area contributed by atoms with E-state index in [0.29, 0.717) is 30.8 Å². The van der Waals surface area contributed by atoms with Gasteiger partial charge in [-0.25, -0.2) is 18.7 Å². The number of aliphatic hydroxyl groups is 1. The molecule has 0 bridgehead atoms. The highest BCUT2D eigenvalue weighted by atomic mass is 19.1. The Balaban J connectivity index is 1.80. The number of aliphatic hydroxyl groups excluding tert-OH is 1. The van der Waals surface area contributed by atoms with E-state index in [1.165, 1.54) is 17.7 Å². The fraction of sp³-hybridized carbons (Fsp3) is 0.405. The predicted octanol–water partition coefficient (Wildman–Crippen LogP) is 5.16. The van der Waals surface area contributed by atoms with E-state index in [1.807, 2.05) is 32.0 Å². The number of allylic oxidation sites excluding steroid dienone is 2. The predicted molar refractivity (Wildman–Crippen MR) is 179 cm³/mol. The standard InChI is InChI=1S/C37H45F2N5O3/c1-4-13-44(14-5-2)35(46)29-19-28(34-42-11-8-12-43-34)21-37(22-29,36(40)47)32(18-27-16-30(38)20-31(39)17-27)33(45)24-41-23-26-10-7-9-25(6-3)15-26/h7-12,15-17,19-21,32-33,41,45H,4-6,13-14,18,22-24H2,1-3H3,(H2,40,47)/t32-,33+,37?/m1/s1. The Kier molecular flexibility index (Phi) is 12.5. The van der Waals surface area contributed by atoms with Crippen molar-refractivity contribution in [1.29, 1.82) is 0 Å². The molecule has 2 aromatic carbocycles. The molecule has 1 aliphatic rings. The van der Waals surface area contributed by atoms with E-state index < -0.39 is 35.0 Å². The summed E-state index contributed by atoms with van der Waals surface area (Å²) in [6.07, 6.45) is 7.35. The van der Waals surface area contributed by atoms with Crippen LogP contribution in [0.25, 0.3) is 5.57 Å². The van der Waals surface area contributed by atoms with Crippen molar-refractivity contribution in [2.45, 2.75) is 65.5 Å². The molecule has 0 spiro atoms. The van der Waals surface area contributed by atoms with Gasteiger partial charge >= 0.3 is 0 Å². The number of nitrogens with two attached hydrogens (primary N) is 1. The number of aryl methyl sites for hydroxylation is 1. The summed E-state index contributed by atoms with van der Waals surface area (Å²) < 4.78 is 28.8. The first-order chi connectivity index (χ1) is 22.6. The molecule has 8 nitrogen and oxygen atoms in total. The van der Waals surface area contributed by atoms with Crippen LogP contribution in [-0.4, -0.2) is 57.5 Å². The molecule has 0 saturated carbocycles. The quantitative estimate of drug-likeness (QED) is 0.198. The molecule has 4 rings (SSSR count). The third-order valence-electron chi connectivity index (χ3n) is 8.64. The van der Waals surface area contributed by atoms with Gasteiger partial charge in [0, 0.05) is 61.7 Å². The van der Waals surface area contributed by atoms with Crippen LogP contribution in [0.15, 0.2) is 78.6 Å². The summed E-state index contributed by atoms with van der Waals surface area (Å²) in [5, 5.41) is 15.2. The minimum absolute atomic E-state index is 0.0453. The summed E-state index contributed by atoms with van der Waals surface area (Å²) in [7, 11) is 0. The number of aromatic nitrogens is 2. The molecule has 0 aliphatic heterocycles. The van der Waals surface area contributed by atoms with Crippen LogP contribution < -0.4 is 11.1 Å². The van der Waals surface area contributed by atoms with Gasteiger partial charge in [0.2, 0.25) is 11.8 Å². The average Bonchev–Trinajstić information content (AvgIpc) is 3.06. The van der Waals surface area contributed by atoms with Crippen LogP contribution in [0.3, 0.4) is 0 Å². The highest BCUT2D eigenvalue weighted by Gasteiger charge is 2.49. The molecule has 1 heterocycles. The normalized spacial score (nSPS) is 17.4. The number of primary amides is 1. The third-order valence-corrected chi connectivity index (χ3v) is 8.64. The van der Waals surface area contributed by atoms with E-state index >= 15 is 0 Å². The molecule has 1 aromatic heterocycles. The van der Waals surface area contributed by atoms with Crippen molar-refractivity contribution in [3.8, 4) is 0 Å². The molecule has 47 heavy (non-hydrogen) atoms. The number of rotatable bonds is 16. The maximum absolute atomic E-state index is 14.4. The number of nitrogens with zero attached hydrogens (tertiary/aromatic N) is 3. The van der Waals surface area contributed by atoms with E-state index in [-0.39, 0.29) is 36.7 Å². The van der Waals surface area contributed by atoms with Gasteiger partial charge in [0.1, 0.15) is 11.6 Å². The molecule has 3 aromatic rings. The van der Waals surface area contributed by atoms with Gasteiger partial charge in [0.05, 0.1) is 11.5 Å². The topological polar surface area (TPSA) is 121 Å². The molecule has 4 N–H and O–H groups in total. The Hall–Kier alpha value is -4.28. The fourth-order valence-electron chi connectivity index (χ4n) is 6.39. The monoisotopic (exact) mass is 645 g/mol. The molecule has 0 fully saturated rings. The minimum atomic E-state index is -1.63. The first-order valence-corrected chi connectivity index (χ1v) is 16.3. The maximum atomic E-state index is 14.4. The van der Waals surface area contributed by atoms with Crippen LogP contribution in [0, 0.1) is 23.0 Å². The van der Waals surface area contributed by atoms with Crippen LogP contribution in [0.4, 0.5) is 8.78 Å². The van der Waals surface area contributed by atoms with Crippen LogP contribution in [0.2, 0.25) is 0 Å². The van der Waals surface area contributed by atoms with Gasteiger partial charge in [-0.05, 0) is 73.1 Å². The van der Waals surface area contributed by atoms with E-state index in [2.05, 4.69) is 28.3 Å². The number of benzene rings is 2. The Labute approximate surface area is 275 Å². The van der Waals surface area contributed by atoms with Gasteiger partial charge in [-0.15, -0.1) is 0 Å². The average molecular weight is 646 g/mol. The number of nitrogens with one attached hydrogen (secondary N) is 1. The van der Waals surface area contributed by atoms with Crippen molar-refractivity contribution in [3.05, 3.63) is 113 Å². The second-order valence-corrected chi connectivity index (χ2v) is 12.2. The lowest BCUT2D eigenvalue weighted by molar-refractivity contribution is -0.132. The van der Waals surface area contributed by atoms with E-state index in [4.69, 9.17) is 5.73 Å². The van der Waals surface area contributed by atoms with Crippen molar-refractivity contribution in [1.82, 2.24) is 20.2 Å². The second-order valence-electron chi connectivity index (χ2n) is 12.2. The zero-order valence-electron chi connectivity index (χ0n) is 27.4. The smallest absolute Gasteiger partial charge is 0.249 e. The third kappa shape index (κ3) is 8.96. The Morgan fingerprint density at radius 3 is 2.26 bits per heavy atom. The Morgan fingerprint density at radius 1 is 0.979 bits per heavy atom. The molecular formula is C37H45F2N5O3. The van der Waals surface area contributed by atoms with Gasteiger partial charge in [-0.2, -0.15) is 0 Å². The summed E-state index contributed by atoms with van der Waals surface area (Å²) >= 11 is 0. The Morgan fingerprint density at radius 2 is 1.64 bits per heavy atom. The van der Waals surface area contributed by atoms with E-state index in [9.17, 15) is 23.5 Å². The fourth-order valence-corrected chi connectivity index (χ4v) is 6.39. The SMILES string of the molecule is CCCN(CCC)C(=O)C1=CC(c2ncccn2)=CC(C(N)=O)([C@H](Cc2cc(F)cc(F)c2)[C@@H](O)CNCc2cccc(CC)c2)C1. The number of carbonyl (C=O) groups excluding carboxylic acids is 2. The maximum Gasteiger partial charge on any atom is 0.249 e. The highest BCUT2D eigenvalue weighted by Crippen LogP contribution is 2.46. The van der Waals surface area contributed by atoms with Gasteiger partial charge in [0.25, 0.3) is 0 Å². The summed E-state index contributed by atoms with van der Waals surface area (Å²) in [4.78, 5) is 38.3. The molecule has 0 radical (unpaired) electrons. The van der Waals surface area contributed by atoms with E-state index in [0.717, 1.165) is 30.9 Å². The summed E-state index contributed by atoms with van der Waals surface area (Å²) in [5.41, 5.74) is 7.78. The molecule has 10 heteroatoms. The Bertz CT molecular complexity index is 1570. The van der Waals surface area contributed by atoms with Crippen LogP contribution >= 0.6 is 0 Å². The summed E-state index contributed by atoms with van der Waals surface area (Å²) in [6.45, 7) is 7.57. The minimum Gasteiger partial charge on any atom is -0.391 e. The van der Waals surface area contributed by atoms with Gasteiger partial charge in [-0.3, -0.25) is 9.59 Å². The first-order valence-electron chi connectivity index (χ1n) is 16.3.